The van der Waals surface area contributed by atoms with Crippen molar-refractivity contribution in [2.45, 2.75) is 24.9 Å². The zero-order valence-corrected chi connectivity index (χ0v) is 7.06. The van der Waals surface area contributed by atoms with Gasteiger partial charge in [-0.05, 0) is 19.1 Å². The van der Waals surface area contributed by atoms with Gasteiger partial charge in [-0.25, -0.2) is 0 Å². The second-order valence-corrected chi connectivity index (χ2v) is 3.41. The Bertz CT molecular complexity index is 240. The summed E-state index contributed by atoms with van der Waals surface area (Å²) in [5, 5.41) is 0. The number of nitrogens with zero attached hydrogens (tertiary/aromatic N) is 1. The lowest BCUT2D eigenvalue weighted by Gasteiger charge is -2.24. The first-order valence-electron chi connectivity index (χ1n) is 4.50. The van der Waals surface area contributed by atoms with E-state index in [4.69, 9.17) is 5.73 Å². The van der Waals surface area contributed by atoms with Crippen molar-refractivity contribution in [1.29, 1.82) is 0 Å². The first-order valence-corrected chi connectivity index (χ1v) is 4.50. The fourth-order valence-electron chi connectivity index (χ4n) is 1.81. The van der Waals surface area contributed by atoms with Gasteiger partial charge < -0.3 is 5.73 Å². The minimum atomic E-state index is 0.277. The van der Waals surface area contributed by atoms with Crippen molar-refractivity contribution in [2.75, 3.05) is 0 Å². The van der Waals surface area contributed by atoms with E-state index in [0.29, 0.717) is 12.0 Å². The van der Waals surface area contributed by atoms with Gasteiger partial charge in [0.1, 0.15) is 0 Å². The topological polar surface area (TPSA) is 38.4 Å². The Morgan fingerprint density at radius 1 is 1.25 bits per heavy atom. The third-order valence-corrected chi connectivity index (χ3v) is 2.55. The van der Waals surface area contributed by atoms with Crippen LogP contribution in [-0.2, 0) is 0 Å². The highest BCUT2D eigenvalue weighted by Crippen LogP contribution is 2.23. The van der Waals surface area contributed by atoms with E-state index in [-0.39, 0.29) is 6.04 Å². The van der Waals surface area contributed by atoms with Crippen LogP contribution in [0.2, 0.25) is 0 Å². The number of nitrogens with two attached hydrogens (primary N) is 1. The Kier molecular flexibility index (Phi) is 2.09. The van der Waals surface area contributed by atoms with E-state index in [0.717, 1.165) is 12.8 Å². The number of hydrogen-bond acceptors (Lipinski definition) is 2. The van der Waals surface area contributed by atoms with Crippen LogP contribution in [0.15, 0.2) is 29.3 Å². The minimum absolute atomic E-state index is 0.277. The molecule has 0 spiro atoms. The van der Waals surface area contributed by atoms with Gasteiger partial charge in [0.05, 0.1) is 6.04 Å². The van der Waals surface area contributed by atoms with Gasteiger partial charge >= 0.3 is 0 Å². The SMILES string of the molecule is NC1CCC=NC2C=CC=CC12. The molecule has 0 aromatic heterocycles. The van der Waals surface area contributed by atoms with Crippen LogP contribution in [0.25, 0.3) is 0 Å². The Morgan fingerprint density at radius 3 is 3.00 bits per heavy atom. The van der Waals surface area contributed by atoms with Gasteiger partial charge in [-0.15, -0.1) is 0 Å². The smallest absolute Gasteiger partial charge is 0.0756 e. The summed E-state index contributed by atoms with van der Waals surface area (Å²) in [6.07, 6.45) is 12.5. The maximum atomic E-state index is 6.02. The van der Waals surface area contributed by atoms with Crippen LogP contribution in [0.3, 0.4) is 0 Å². The molecule has 0 amide bonds. The van der Waals surface area contributed by atoms with Crippen LogP contribution >= 0.6 is 0 Å². The molecule has 2 rings (SSSR count). The van der Waals surface area contributed by atoms with Crippen LogP contribution in [0, 0.1) is 5.92 Å². The van der Waals surface area contributed by atoms with E-state index in [9.17, 15) is 0 Å². The standard InChI is InChI=1S/C10H14N2/c11-9-5-3-7-12-10-6-2-1-4-8(9)10/h1-2,4,6-10H,3,5,11H2. The lowest BCUT2D eigenvalue weighted by Crippen LogP contribution is -2.34. The fraction of sp³-hybridized carbons (Fsp3) is 0.500. The predicted octanol–water partition coefficient (Wildman–Crippen LogP) is 1.29. The van der Waals surface area contributed by atoms with E-state index in [1.807, 2.05) is 6.21 Å². The van der Waals surface area contributed by atoms with E-state index < -0.39 is 0 Å². The molecule has 0 radical (unpaired) electrons. The number of allylic oxidation sites excluding steroid dienone is 2. The zero-order valence-electron chi connectivity index (χ0n) is 7.06. The molecule has 1 aliphatic carbocycles. The molecule has 3 unspecified atom stereocenters. The zero-order chi connectivity index (χ0) is 8.39. The summed E-state index contributed by atoms with van der Waals surface area (Å²) in [5.74, 6) is 0.425. The summed E-state index contributed by atoms with van der Waals surface area (Å²) in [4.78, 5) is 4.45. The van der Waals surface area contributed by atoms with Gasteiger partial charge in [-0.2, -0.15) is 0 Å². The maximum absolute atomic E-state index is 6.02. The molecule has 0 fully saturated rings. The van der Waals surface area contributed by atoms with Gasteiger partial charge in [0.25, 0.3) is 0 Å². The van der Waals surface area contributed by atoms with Crippen molar-refractivity contribution in [3.8, 4) is 0 Å². The van der Waals surface area contributed by atoms with Gasteiger partial charge in [-0.3, -0.25) is 4.99 Å². The van der Waals surface area contributed by atoms with Crippen molar-refractivity contribution in [2.24, 2.45) is 16.6 Å². The monoisotopic (exact) mass is 162 g/mol. The highest BCUT2D eigenvalue weighted by atomic mass is 14.8. The number of rotatable bonds is 0. The molecule has 0 aromatic rings. The largest absolute Gasteiger partial charge is 0.327 e. The maximum Gasteiger partial charge on any atom is 0.0756 e. The molecule has 64 valence electrons. The molecule has 12 heavy (non-hydrogen) atoms. The van der Waals surface area contributed by atoms with E-state index in [2.05, 4.69) is 29.3 Å². The van der Waals surface area contributed by atoms with Gasteiger partial charge in [0.2, 0.25) is 0 Å². The van der Waals surface area contributed by atoms with Crippen LogP contribution in [0.1, 0.15) is 12.8 Å². The Morgan fingerprint density at radius 2 is 2.08 bits per heavy atom. The Balaban J connectivity index is 2.22. The molecular weight excluding hydrogens is 148 g/mol. The highest BCUT2D eigenvalue weighted by molar-refractivity contribution is 5.58. The molecule has 3 atom stereocenters. The number of fused-ring (bicyclic) bond motifs is 1. The van der Waals surface area contributed by atoms with Crippen molar-refractivity contribution in [3.63, 3.8) is 0 Å². The quantitative estimate of drug-likeness (QED) is 0.572. The normalized spacial score (nSPS) is 39.2. The second kappa shape index (κ2) is 3.23. The first-order chi connectivity index (χ1) is 5.88. The van der Waals surface area contributed by atoms with Crippen LogP contribution in [0.5, 0.6) is 0 Å². The van der Waals surface area contributed by atoms with Gasteiger partial charge in [0, 0.05) is 12.0 Å². The van der Waals surface area contributed by atoms with Crippen LogP contribution in [0.4, 0.5) is 0 Å². The molecule has 0 aromatic carbocycles. The molecule has 1 aliphatic heterocycles. The molecule has 0 saturated carbocycles. The Labute approximate surface area is 72.9 Å². The number of aliphatic imine (C=N–C) groups is 1. The van der Waals surface area contributed by atoms with E-state index in [1.54, 1.807) is 0 Å². The van der Waals surface area contributed by atoms with Crippen molar-refractivity contribution >= 4 is 6.21 Å². The molecule has 0 saturated heterocycles. The van der Waals surface area contributed by atoms with Gasteiger partial charge in [-0.1, -0.05) is 24.3 Å². The summed E-state index contributed by atoms with van der Waals surface area (Å²) >= 11 is 0. The lowest BCUT2D eigenvalue weighted by atomic mass is 9.88. The van der Waals surface area contributed by atoms with Gasteiger partial charge in [0.15, 0.2) is 0 Å². The van der Waals surface area contributed by atoms with Crippen molar-refractivity contribution < 1.29 is 0 Å². The minimum Gasteiger partial charge on any atom is -0.327 e. The summed E-state index contributed by atoms with van der Waals surface area (Å²) in [6, 6.07) is 0.575. The van der Waals surface area contributed by atoms with E-state index >= 15 is 0 Å². The molecule has 2 nitrogen and oxygen atoms in total. The average Bonchev–Trinajstić information content (AvgIpc) is 2.29. The fourth-order valence-corrected chi connectivity index (χ4v) is 1.81. The summed E-state index contributed by atoms with van der Waals surface area (Å²) in [7, 11) is 0. The molecule has 1 heterocycles. The third kappa shape index (κ3) is 1.34. The van der Waals surface area contributed by atoms with E-state index in [1.165, 1.54) is 0 Å². The Hall–Kier alpha value is -0.890. The third-order valence-electron chi connectivity index (χ3n) is 2.55. The van der Waals surface area contributed by atoms with Crippen molar-refractivity contribution in [3.05, 3.63) is 24.3 Å². The average molecular weight is 162 g/mol. The second-order valence-electron chi connectivity index (χ2n) is 3.41. The van der Waals surface area contributed by atoms with Crippen LogP contribution < -0.4 is 5.73 Å². The number of hydrogen-bond donors (Lipinski definition) is 1. The highest BCUT2D eigenvalue weighted by Gasteiger charge is 2.24. The molecular formula is C10H14N2. The molecule has 2 aliphatic rings. The lowest BCUT2D eigenvalue weighted by molar-refractivity contribution is 0.454. The first kappa shape index (κ1) is 7.74. The summed E-state index contributed by atoms with van der Waals surface area (Å²) in [5.41, 5.74) is 6.02. The summed E-state index contributed by atoms with van der Waals surface area (Å²) < 4.78 is 0. The molecule has 0 bridgehead atoms. The van der Waals surface area contributed by atoms with Crippen molar-refractivity contribution in [1.82, 2.24) is 0 Å². The van der Waals surface area contributed by atoms with Crippen LogP contribution in [-0.4, -0.2) is 18.3 Å². The summed E-state index contributed by atoms with van der Waals surface area (Å²) in [6.45, 7) is 0. The predicted molar refractivity (Wildman–Crippen MR) is 51.3 cm³/mol. The molecule has 2 heteroatoms. The molecule has 2 N–H and O–H groups in total.